The van der Waals surface area contributed by atoms with Gasteiger partial charge in [0, 0.05) is 19.5 Å². The summed E-state index contributed by atoms with van der Waals surface area (Å²) in [7, 11) is 0. The van der Waals surface area contributed by atoms with E-state index in [4.69, 9.17) is 5.11 Å². The predicted octanol–water partition coefficient (Wildman–Crippen LogP) is 2.22. The van der Waals surface area contributed by atoms with Crippen LogP contribution < -0.4 is 0 Å². The topological polar surface area (TPSA) is 40.5 Å². The van der Waals surface area contributed by atoms with Crippen LogP contribution in [0.2, 0.25) is 0 Å². The van der Waals surface area contributed by atoms with Crippen molar-refractivity contribution in [1.82, 2.24) is 4.90 Å². The van der Waals surface area contributed by atoms with Crippen molar-refractivity contribution in [2.75, 3.05) is 19.6 Å². The molecule has 1 aliphatic rings. The first-order valence-electron chi connectivity index (χ1n) is 6.06. The van der Waals surface area contributed by atoms with Crippen molar-refractivity contribution in [1.29, 1.82) is 0 Å². The lowest BCUT2D eigenvalue weighted by atomic mass is 10.0. The average Bonchev–Trinajstić information content (AvgIpc) is 2.51. The van der Waals surface area contributed by atoms with Gasteiger partial charge in [0.25, 0.3) is 0 Å². The van der Waals surface area contributed by atoms with Crippen LogP contribution in [0.3, 0.4) is 0 Å². The molecule has 0 aromatic heterocycles. The van der Waals surface area contributed by atoms with Gasteiger partial charge in [-0.05, 0) is 31.2 Å². The molecule has 1 heterocycles. The van der Waals surface area contributed by atoms with Gasteiger partial charge in [0.2, 0.25) is 0 Å². The largest absolute Gasteiger partial charge is 0.481 e. The van der Waals surface area contributed by atoms with E-state index in [0.717, 1.165) is 32.0 Å². The zero-order valence-electron chi connectivity index (χ0n) is 9.91. The number of carbonyl (C=O) groups is 1. The quantitative estimate of drug-likeness (QED) is 0.735. The number of likely N-dealkylation sites (tertiary alicyclic amines) is 1. The SMILES string of the molecule is CCCC(C)CN1CCC(CC(=O)O)C1. The molecule has 1 N–H and O–H groups in total. The molecule has 0 amide bonds. The van der Waals surface area contributed by atoms with Crippen LogP contribution in [-0.4, -0.2) is 35.6 Å². The molecule has 2 unspecified atom stereocenters. The maximum Gasteiger partial charge on any atom is 0.303 e. The fourth-order valence-corrected chi connectivity index (χ4v) is 2.52. The van der Waals surface area contributed by atoms with Crippen LogP contribution >= 0.6 is 0 Å². The highest BCUT2D eigenvalue weighted by atomic mass is 16.4. The van der Waals surface area contributed by atoms with Crippen molar-refractivity contribution in [3.05, 3.63) is 0 Å². The normalized spacial score (nSPS) is 24.3. The molecule has 0 saturated carbocycles. The second kappa shape index (κ2) is 6.11. The summed E-state index contributed by atoms with van der Waals surface area (Å²) in [6.45, 7) is 7.72. The van der Waals surface area contributed by atoms with E-state index < -0.39 is 5.97 Å². The van der Waals surface area contributed by atoms with Gasteiger partial charge in [0.1, 0.15) is 0 Å². The van der Waals surface area contributed by atoms with Crippen molar-refractivity contribution < 1.29 is 9.90 Å². The Bertz CT molecular complexity index is 206. The summed E-state index contributed by atoms with van der Waals surface area (Å²) in [5.74, 6) is 0.485. The Balaban J connectivity index is 2.21. The van der Waals surface area contributed by atoms with Crippen LogP contribution in [0.5, 0.6) is 0 Å². The van der Waals surface area contributed by atoms with Crippen LogP contribution in [0.1, 0.15) is 39.5 Å². The van der Waals surface area contributed by atoms with Gasteiger partial charge < -0.3 is 10.0 Å². The highest BCUT2D eigenvalue weighted by Gasteiger charge is 2.24. The zero-order chi connectivity index (χ0) is 11.3. The Morgan fingerprint density at radius 1 is 1.60 bits per heavy atom. The molecule has 15 heavy (non-hydrogen) atoms. The molecular formula is C12H23NO2. The maximum atomic E-state index is 10.6. The Kier molecular flexibility index (Phi) is 5.09. The standard InChI is InChI=1S/C12H23NO2/c1-3-4-10(2)8-13-6-5-11(9-13)7-12(14)15/h10-11H,3-9H2,1-2H3,(H,14,15). The lowest BCUT2D eigenvalue weighted by Crippen LogP contribution is -2.26. The van der Waals surface area contributed by atoms with Crippen LogP contribution in [-0.2, 0) is 4.79 Å². The van der Waals surface area contributed by atoms with Gasteiger partial charge >= 0.3 is 5.97 Å². The Labute approximate surface area is 92.5 Å². The van der Waals surface area contributed by atoms with Crippen molar-refractivity contribution in [3.8, 4) is 0 Å². The highest BCUT2D eigenvalue weighted by Crippen LogP contribution is 2.21. The van der Waals surface area contributed by atoms with Gasteiger partial charge in [0.15, 0.2) is 0 Å². The first kappa shape index (κ1) is 12.5. The van der Waals surface area contributed by atoms with Crippen molar-refractivity contribution in [2.45, 2.75) is 39.5 Å². The summed E-state index contributed by atoms with van der Waals surface area (Å²) in [6.07, 6.45) is 3.93. The van der Waals surface area contributed by atoms with Gasteiger partial charge in [-0.3, -0.25) is 4.79 Å². The van der Waals surface area contributed by atoms with Crippen LogP contribution in [0.4, 0.5) is 0 Å². The number of hydrogen-bond acceptors (Lipinski definition) is 2. The molecule has 0 aliphatic carbocycles. The molecule has 88 valence electrons. The van der Waals surface area contributed by atoms with Crippen LogP contribution in [0, 0.1) is 11.8 Å². The Morgan fingerprint density at radius 2 is 2.33 bits per heavy atom. The third-order valence-corrected chi connectivity index (χ3v) is 3.18. The lowest BCUT2D eigenvalue weighted by molar-refractivity contribution is -0.138. The second-order valence-electron chi connectivity index (χ2n) is 4.91. The average molecular weight is 213 g/mol. The molecule has 0 bridgehead atoms. The monoisotopic (exact) mass is 213 g/mol. The molecule has 3 heteroatoms. The first-order valence-corrected chi connectivity index (χ1v) is 6.06. The van der Waals surface area contributed by atoms with Crippen molar-refractivity contribution >= 4 is 5.97 Å². The van der Waals surface area contributed by atoms with Crippen molar-refractivity contribution in [3.63, 3.8) is 0 Å². The molecule has 2 atom stereocenters. The lowest BCUT2D eigenvalue weighted by Gasteiger charge is -2.20. The maximum absolute atomic E-state index is 10.6. The Morgan fingerprint density at radius 3 is 2.93 bits per heavy atom. The van der Waals surface area contributed by atoms with Gasteiger partial charge in [-0.2, -0.15) is 0 Å². The molecule has 1 fully saturated rings. The van der Waals surface area contributed by atoms with E-state index in [1.165, 1.54) is 12.8 Å². The summed E-state index contributed by atoms with van der Waals surface area (Å²) in [6, 6.07) is 0. The minimum Gasteiger partial charge on any atom is -0.481 e. The molecule has 1 aliphatic heterocycles. The van der Waals surface area contributed by atoms with E-state index in [9.17, 15) is 4.79 Å². The summed E-state index contributed by atoms with van der Waals surface area (Å²) < 4.78 is 0. The third kappa shape index (κ3) is 4.65. The molecule has 0 aromatic carbocycles. The molecule has 0 radical (unpaired) electrons. The molecular weight excluding hydrogens is 190 g/mol. The number of aliphatic carboxylic acids is 1. The number of rotatable bonds is 6. The van der Waals surface area contributed by atoms with E-state index >= 15 is 0 Å². The molecule has 1 saturated heterocycles. The second-order valence-corrected chi connectivity index (χ2v) is 4.91. The smallest absolute Gasteiger partial charge is 0.303 e. The van der Waals surface area contributed by atoms with Crippen LogP contribution in [0.15, 0.2) is 0 Å². The minimum atomic E-state index is -0.650. The molecule has 1 rings (SSSR count). The van der Waals surface area contributed by atoms with Crippen molar-refractivity contribution in [2.24, 2.45) is 11.8 Å². The predicted molar refractivity (Wildman–Crippen MR) is 60.9 cm³/mol. The van der Waals surface area contributed by atoms with E-state index in [2.05, 4.69) is 18.7 Å². The molecule has 0 spiro atoms. The summed E-state index contributed by atoms with van der Waals surface area (Å²) in [5, 5.41) is 8.71. The van der Waals surface area contributed by atoms with Crippen LogP contribution in [0.25, 0.3) is 0 Å². The Hall–Kier alpha value is -0.570. The minimum absolute atomic E-state index is 0.346. The first-order chi connectivity index (χ1) is 7.11. The fraction of sp³-hybridized carbons (Fsp3) is 0.917. The number of nitrogens with zero attached hydrogens (tertiary/aromatic N) is 1. The van der Waals surface area contributed by atoms with E-state index in [1.807, 2.05) is 0 Å². The summed E-state index contributed by atoms with van der Waals surface area (Å²) in [4.78, 5) is 13.0. The van der Waals surface area contributed by atoms with E-state index in [0.29, 0.717) is 12.3 Å². The number of carboxylic acids is 1. The number of hydrogen-bond donors (Lipinski definition) is 1. The fourth-order valence-electron chi connectivity index (χ4n) is 2.52. The van der Waals surface area contributed by atoms with Gasteiger partial charge in [-0.15, -0.1) is 0 Å². The highest BCUT2D eigenvalue weighted by molar-refractivity contribution is 5.67. The van der Waals surface area contributed by atoms with E-state index in [1.54, 1.807) is 0 Å². The molecule has 3 nitrogen and oxygen atoms in total. The number of carboxylic acid groups (broad SMARTS) is 1. The van der Waals surface area contributed by atoms with Gasteiger partial charge in [-0.25, -0.2) is 0 Å². The molecule has 0 aromatic rings. The van der Waals surface area contributed by atoms with E-state index in [-0.39, 0.29) is 0 Å². The summed E-state index contributed by atoms with van der Waals surface area (Å²) in [5.41, 5.74) is 0. The van der Waals surface area contributed by atoms with Gasteiger partial charge in [0.05, 0.1) is 0 Å². The summed E-state index contributed by atoms with van der Waals surface area (Å²) >= 11 is 0. The van der Waals surface area contributed by atoms with Gasteiger partial charge in [-0.1, -0.05) is 20.3 Å². The third-order valence-electron chi connectivity index (χ3n) is 3.18. The zero-order valence-corrected chi connectivity index (χ0v) is 9.91.